The second kappa shape index (κ2) is 10.9. The number of methoxy groups -OCH3 is 1. The molecule has 0 bridgehead atoms. The maximum absolute atomic E-state index is 13.9. The van der Waals surface area contributed by atoms with Gasteiger partial charge in [-0.1, -0.05) is 23.5 Å². The Morgan fingerprint density at radius 2 is 1.92 bits per heavy atom. The zero-order valence-electron chi connectivity index (χ0n) is 21.9. The fraction of sp³-hybridized carbons (Fsp3) is 0.321. The lowest BCUT2D eigenvalue weighted by atomic mass is 9.96. The molecule has 1 atom stereocenters. The van der Waals surface area contributed by atoms with Gasteiger partial charge < -0.3 is 14.4 Å². The summed E-state index contributed by atoms with van der Waals surface area (Å²) in [4.78, 5) is 45.3. The van der Waals surface area contributed by atoms with Crippen LogP contribution >= 0.6 is 11.3 Å². The number of carbonyl (C=O) groups is 1. The Hall–Kier alpha value is -4.25. The number of thiazole rings is 1. The van der Waals surface area contributed by atoms with Crippen LogP contribution in [0, 0.1) is 10.1 Å². The molecule has 0 amide bonds. The largest absolute Gasteiger partial charge is 0.497 e. The smallest absolute Gasteiger partial charge is 0.338 e. The highest BCUT2D eigenvalue weighted by Crippen LogP contribution is 2.32. The van der Waals surface area contributed by atoms with E-state index in [4.69, 9.17) is 9.47 Å². The van der Waals surface area contributed by atoms with Crippen LogP contribution < -0.4 is 24.5 Å². The Kier molecular flexibility index (Phi) is 7.34. The summed E-state index contributed by atoms with van der Waals surface area (Å²) in [5.74, 6) is 0.105. The third-order valence-corrected chi connectivity index (χ3v) is 7.89. The summed E-state index contributed by atoms with van der Waals surface area (Å²) < 4.78 is 12.5. The molecular weight excluding hydrogens is 520 g/mol. The Morgan fingerprint density at radius 1 is 1.21 bits per heavy atom. The highest BCUT2D eigenvalue weighted by atomic mass is 32.1. The van der Waals surface area contributed by atoms with Gasteiger partial charge >= 0.3 is 5.97 Å². The molecule has 5 rings (SSSR count). The molecule has 0 unspecified atom stereocenters. The Morgan fingerprint density at radius 3 is 2.56 bits per heavy atom. The number of fused-ring (bicyclic) bond motifs is 1. The summed E-state index contributed by atoms with van der Waals surface area (Å²) in [5.41, 5.74) is 2.51. The van der Waals surface area contributed by atoms with Gasteiger partial charge in [0.1, 0.15) is 5.75 Å². The molecule has 3 heterocycles. The maximum atomic E-state index is 13.9. The molecule has 0 spiro atoms. The summed E-state index contributed by atoms with van der Waals surface area (Å²) >= 11 is 1.19. The van der Waals surface area contributed by atoms with Crippen molar-refractivity contribution in [1.29, 1.82) is 0 Å². The summed E-state index contributed by atoms with van der Waals surface area (Å²) in [5, 5.41) is 11.5. The molecule has 39 heavy (non-hydrogen) atoms. The van der Waals surface area contributed by atoms with Gasteiger partial charge in [-0.15, -0.1) is 0 Å². The average Bonchev–Trinajstić information content (AvgIpc) is 3.56. The molecule has 2 aliphatic heterocycles. The highest BCUT2D eigenvalue weighted by molar-refractivity contribution is 7.07. The van der Waals surface area contributed by atoms with Gasteiger partial charge in [0, 0.05) is 36.5 Å². The molecule has 0 aliphatic carbocycles. The number of aromatic nitrogens is 1. The number of ether oxygens (including phenoxy) is 2. The molecule has 1 saturated heterocycles. The molecule has 3 aromatic rings. The van der Waals surface area contributed by atoms with E-state index in [0.29, 0.717) is 31.9 Å². The number of nitrogens with zero attached hydrogens (tertiary/aromatic N) is 4. The SMILES string of the molecule is CCOC(=O)C1=C(C)N=c2sc(=Cc3cc([N+](=O)[O-])ccc3N3CCCC3)c(=O)n2[C@@H]1c1ccc(OC)cc1. The van der Waals surface area contributed by atoms with Crippen molar-refractivity contribution in [2.75, 3.05) is 31.7 Å². The van der Waals surface area contributed by atoms with E-state index in [1.54, 1.807) is 45.2 Å². The van der Waals surface area contributed by atoms with E-state index < -0.39 is 16.9 Å². The van der Waals surface area contributed by atoms with E-state index in [1.807, 2.05) is 12.1 Å². The average molecular weight is 549 g/mol. The van der Waals surface area contributed by atoms with Crippen molar-refractivity contribution >= 4 is 34.8 Å². The van der Waals surface area contributed by atoms with E-state index in [9.17, 15) is 19.7 Å². The lowest BCUT2D eigenvalue weighted by Crippen LogP contribution is -2.40. The number of esters is 1. The molecule has 0 saturated carbocycles. The van der Waals surface area contributed by atoms with Gasteiger partial charge in [0.05, 0.1) is 40.5 Å². The van der Waals surface area contributed by atoms with Crippen molar-refractivity contribution in [1.82, 2.24) is 4.57 Å². The van der Waals surface area contributed by atoms with Crippen molar-refractivity contribution in [3.8, 4) is 5.75 Å². The first-order valence-electron chi connectivity index (χ1n) is 12.7. The van der Waals surface area contributed by atoms with Gasteiger partial charge in [0.25, 0.3) is 11.2 Å². The quantitative estimate of drug-likeness (QED) is 0.253. The van der Waals surface area contributed by atoms with Crippen LogP contribution in [-0.4, -0.2) is 42.3 Å². The van der Waals surface area contributed by atoms with Gasteiger partial charge in [-0.3, -0.25) is 19.5 Å². The van der Waals surface area contributed by atoms with Gasteiger partial charge in [-0.2, -0.15) is 0 Å². The molecule has 10 nitrogen and oxygen atoms in total. The number of allylic oxidation sites excluding steroid dienone is 1. The molecule has 2 aromatic carbocycles. The standard InChI is InChI=1S/C28H28N4O6S/c1-4-38-27(34)24-17(2)29-28-31(25(24)18-7-10-21(37-3)11-8-18)26(33)23(39-28)16-19-15-20(32(35)36)9-12-22(19)30-13-5-6-14-30/h7-12,15-16,25H,4-6,13-14H2,1-3H3/t25-/m1/s1. The Balaban J connectivity index is 1.71. The monoisotopic (exact) mass is 548 g/mol. The van der Waals surface area contributed by atoms with Crippen LogP contribution in [0.1, 0.15) is 43.9 Å². The number of rotatable bonds is 7. The number of anilines is 1. The molecule has 202 valence electrons. The van der Waals surface area contributed by atoms with Gasteiger partial charge in [-0.05, 0) is 56.5 Å². The zero-order chi connectivity index (χ0) is 27.7. The lowest BCUT2D eigenvalue weighted by molar-refractivity contribution is -0.384. The van der Waals surface area contributed by atoms with Crippen molar-refractivity contribution in [2.45, 2.75) is 32.7 Å². The summed E-state index contributed by atoms with van der Waals surface area (Å²) in [7, 11) is 1.57. The van der Waals surface area contributed by atoms with Crippen LogP contribution in [0.15, 0.2) is 63.5 Å². The van der Waals surface area contributed by atoms with E-state index >= 15 is 0 Å². The first-order valence-corrected chi connectivity index (χ1v) is 13.5. The number of hydrogen-bond acceptors (Lipinski definition) is 9. The molecular formula is C28H28N4O6S. The van der Waals surface area contributed by atoms with Crippen LogP contribution in [0.25, 0.3) is 6.08 Å². The predicted octanol–water partition coefficient (Wildman–Crippen LogP) is 3.32. The highest BCUT2D eigenvalue weighted by Gasteiger charge is 2.33. The number of hydrogen-bond donors (Lipinski definition) is 0. The number of benzene rings is 2. The molecule has 1 fully saturated rings. The van der Waals surface area contributed by atoms with Crippen LogP contribution in [0.5, 0.6) is 5.75 Å². The second-order valence-corrected chi connectivity index (χ2v) is 10.3. The minimum Gasteiger partial charge on any atom is -0.497 e. The van der Waals surface area contributed by atoms with E-state index in [0.717, 1.165) is 31.6 Å². The predicted molar refractivity (Wildman–Crippen MR) is 148 cm³/mol. The van der Waals surface area contributed by atoms with Crippen LogP contribution in [0.3, 0.4) is 0 Å². The van der Waals surface area contributed by atoms with Crippen molar-refractivity contribution in [3.05, 3.63) is 94.7 Å². The number of carbonyl (C=O) groups excluding carboxylic acids is 1. The molecule has 0 radical (unpaired) electrons. The minimum absolute atomic E-state index is 0.0477. The zero-order valence-corrected chi connectivity index (χ0v) is 22.7. The third kappa shape index (κ3) is 4.97. The van der Waals surface area contributed by atoms with Crippen LogP contribution in [0.4, 0.5) is 11.4 Å². The van der Waals surface area contributed by atoms with Crippen molar-refractivity contribution in [2.24, 2.45) is 4.99 Å². The Labute approximate surface area is 228 Å². The normalized spacial score (nSPS) is 17.2. The fourth-order valence-corrected chi connectivity index (χ4v) is 6.09. The molecule has 1 aromatic heterocycles. The molecule has 11 heteroatoms. The fourth-order valence-electron chi connectivity index (χ4n) is 5.05. The number of non-ortho nitro benzene ring substituents is 1. The lowest BCUT2D eigenvalue weighted by Gasteiger charge is -2.24. The topological polar surface area (TPSA) is 116 Å². The first kappa shape index (κ1) is 26.4. The van der Waals surface area contributed by atoms with Crippen LogP contribution in [-0.2, 0) is 9.53 Å². The van der Waals surface area contributed by atoms with Crippen LogP contribution in [0.2, 0.25) is 0 Å². The van der Waals surface area contributed by atoms with Gasteiger partial charge in [0.15, 0.2) is 4.80 Å². The molecule has 0 N–H and O–H groups in total. The summed E-state index contributed by atoms with van der Waals surface area (Å²) in [6.07, 6.45) is 3.77. The first-order chi connectivity index (χ1) is 18.8. The number of nitro groups is 1. The van der Waals surface area contributed by atoms with Gasteiger partial charge in [0.2, 0.25) is 0 Å². The van der Waals surface area contributed by atoms with E-state index in [-0.39, 0.29) is 23.4 Å². The molecule has 2 aliphatic rings. The van der Waals surface area contributed by atoms with E-state index in [1.165, 1.54) is 28.0 Å². The summed E-state index contributed by atoms with van der Waals surface area (Å²) in [6, 6.07) is 11.2. The summed E-state index contributed by atoms with van der Waals surface area (Å²) in [6.45, 7) is 5.33. The van der Waals surface area contributed by atoms with Crippen molar-refractivity contribution in [3.63, 3.8) is 0 Å². The van der Waals surface area contributed by atoms with Gasteiger partial charge in [-0.25, -0.2) is 9.79 Å². The van der Waals surface area contributed by atoms with Crippen molar-refractivity contribution < 1.29 is 19.2 Å². The third-order valence-electron chi connectivity index (χ3n) is 6.90. The second-order valence-electron chi connectivity index (χ2n) is 9.27. The minimum atomic E-state index is -0.753. The number of nitro benzene ring substituents is 1. The van der Waals surface area contributed by atoms with E-state index in [2.05, 4.69) is 9.89 Å². The maximum Gasteiger partial charge on any atom is 0.338 e. The Bertz CT molecular complexity index is 1650.